The minimum atomic E-state index is -0.101. The van der Waals surface area contributed by atoms with E-state index in [2.05, 4.69) is 135 Å². The molecular weight excluding hydrogens is 625 g/mol. The molecule has 0 N–H and O–H groups in total. The molecule has 0 spiro atoms. The molecule has 9 rings (SSSR count). The van der Waals surface area contributed by atoms with Crippen LogP contribution in [0.25, 0.3) is 75.7 Å². The normalized spacial score (nSPS) is 13.2. The molecule has 4 heteroatoms. The van der Waals surface area contributed by atoms with Gasteiger partial charge in [-0.25, -0.2) is 0 Å². The molecule has 0 saturated carbocycles. The predicted molar refractivity (Wildman–Crippen MR) is 191 cm³/mol. The van der Waals surface area contributed by atoms with Gasteiger partial charge in [0.1, 0.15) is 0 Å². The average Bonchev–Trinajstić information content (AvgIpc) is 3.60. The van der Waals surface area contributed by atoms with E-state index in [1.165, 1.54) is 52.7 Å². The number of nitrogens with zero attached hydrogens (tertiary/aromatic N) is 3. The van der Waals surface area contributed by atoms with Gasteiger partial charge >= 0.3 is 263 Å². The summed E-state index contributed by atoms with van der Waals surface area (Å²) in [6.45, 7) is 4.62. The summed E-state index contributed by atoms with van der Waals surface area (Å²) in [5.74, 6) is 2.08. The molecule has 2 aromatic heterocycles. The molecule has 1 aliphatic rings. The quantitative estimate of drug-likeness (QED) is 0.177. The fraction of sp³-hybridized carbons (Fsp3) is 0.0714. The molecule has 46 heavy (non-hydrogen) atoms. The molecule has 0 atom stereocenters. The summed E-state index contributed by atoms with van der Waals surface area (Å²) in [5, 5.41) is 2.68. The van der Waals surface area contributed by atoms with Crippen LogP contribution in [0.1, 0.15) is 25.0 Å². The maximum absolute atomic E-state index is 5.15. The van der Waals surface area contributed by atoms with Gasteiger partial charge in [0.25, 0.3) is 0 Å². The third-order valence-corrected chi connectivity index (χ3v) is 11.7. The van der Waals surface area contributed by atoms with E-state index in [1.807, 2.05) is 18.2 Å². The zero-order valence-electron chi connectivity index (χ0n) is 25.5. The van der Waals surface area contributed by atoms with Crippen LogP contribution in [-0.2, 0) is 5.41 Å². The number of benzene rings is 6. The molecule has 0 radical (unpaired) electrons. The Morgan fingerprint density at radius 3 is 1.78 bits per heavy atom. The molecule has 0 saturated heterocycles. The van der Waals surface area contributed by atoms with E-state index >= 15 is 0 Å². The van der Waals surface area contributed by atoms with Crippen molar-refractivity contribution in [3.8, 4) is 56.4 Å². The van der Waals surface area contributed by atoms with Crippen molar-refractivity contribution in [2.45, 2.75) is 19.3 Å². The van der Waals surface area contributed by atoms with Crippen molar-refractivity contribution in [3.63, 3.8) is 0 Å². The first-order valence-corrected chi connectivity index (χ1v) is 17.3. The Kier molecular flexibility index (Phi) is 6.18. The molecule has 0 amide bonds. The number of hydrogen-bond acceptors (Lipinski definition) is 3. The number of rotatable bonds is 4. The van der Waals surface area contributed by atoms with E-state index < -0.39 is 0 Å². The number of hydrogen-bond donors (Lipinski definition) is 0. The van der Waals surface area contributed by atoms with Crippen LogP contribution >= 0.6 is 0 Å². The van der Waals surface area contributed by atoms with E-state index in [9.17, 15) is 0 Å². The standard InChI is InChI=1S/C42H29N3Se/c1-42(2)34-18-10-9-16-31(34)32-22-20-28(24-35(32)42)40-43-39(27-14-7-4-8-15-27)44-41(45-40)29-21-23-33-37(25-29)46-36-19-11-17-30(38(33)36)26-12-5-3-6-13-26/h3-25H,1-2H3. The number of fused-ring (bicyclic) bond motifs is 6. The minimum absolute atomic E-state index is 0.101. The van der Waals surface area contributed by atoms with E-state index in [0.717, 1.165) is 16.7 Å². The average molecular weight is 655 g/mol. The fourth-order valence-corrected chi connectivity index (χ4v) is 9.47. The Labute approximate surface area is 274 Å². The Balaban J connectivity index is 1.21. The molecular formula is C42H29N3Se. The molecule has 6 aromatic carbocycles. The van der Waals surface area contributed by atoms with Crippen molar-refractivity contribution in [1.29, 1.82) is 0 Å². The van der Waals surface area contributed by atoms with Crippen LogP contribution < -0.4 is 0 Å². The van der Waals surface area contributed by atoms with Gasteiger partial charge in [-0.1, -0.05) is 12.1 Å². The molecule has 0 aliphatic heterocycles. The number of aromatic nitrogens is 3. The van der Waals surface area contributed by atoms with E-state index in [4.69, 9.17) is 15.0 Å². The van der Waals surface area contributed by atoms with Crippen molar-refractivity contribution in [3.05, 3.63) is 151 Å². The Hall–Kier alpha value is -5.15. The Bertz CT molecular complexity index is 2440. The van der Waals surface area contributed by atoms with E-state index in [-0.39, 0.29) is 19.9 Å². The summed E-state index contributed by atoms with van der Waals surface area (Å²) in [6.07, 6.45) is 0. The second kappa shape index (κ2) is 10.5. The van der Waals surface area contributed by atoms with Gasteiger partial charge in [0.15, 0.2) is 0 Å². The van der Waals surface area contributed by atoms with Crippen LogP contribution in [-0.4, -0.2) is 29.5 Å². The fourth-order valence-electron chi connectivity index (χ4n) is 7.02. The van der Waals surface area contributed by atoms with Gasteiger partial charge < -0.3 is 0 Å². The van der Waals surface area contributed by atoms with E-state index in [0.29, 0.717) is 17.5 Å². The van der Waals surface area contributed by atoms with Crippen LogP contribution in [0.3, 0.4) is 0 Å². The molecule has 0 bridgehead atoms. The van der Waals surface area contributed by atoms with Gasteiger partial charge in [-0.2, -0.15) is 0 Å². The zero-order valence-corrected chi connectivity index (χ0v) is 27.2. The molecule has 218 valence electrons. The van der Waals surface area contributed by atoms with Crippen molar-refractivity contribution < 1.29 is 0 Å². The summed E-state index contributed by atoms with van der Waals surface area (Å²) in [7, 11) is 0. The third-order valence-electron chi connectivity index (χ3n) is 9.35. The van der Waals surface area contributed by atoms with Gasteiger partial charge in [-0.05, 0) is 0 Å². The van der Waals surface area contributed by atoms with Gasteiger partial charge in [0.2, 0.25) is 0 Å². The second-order valence-corrected chi connectivity index (χ2v) is 14.7. The summed E-state index contributed by atoms with van der Waals surface area (Å²) in [6, 6.07) is 49.8. The van der Waals surface area contributed by atoms with Crippen LogP contribution in [0, 0.1) is 0 Å². The van der Waals surface area contributed by atoms with Crippen LogP contribution in [0.15, 0.2) is 140 Å². The van der Waals surface area contributed by atoms with Crippen molar-refractivity contribution in [1.82, 2.24) is 15.0 Å². The van der Waals surface area contributed by atoms with Gasteiger partial charge in [0.05, 0.1) is 0 Å². The van der Waals surface area contributed by atoms with Crippen LogP contribution in [0.4, 0.5) is 0 Å². The molecule has 0 unspecified atom stereocenters. The van der Waals surface area contributed by atoms with Crippen molar-refractivity contribution in [2.24, 2.45) is 0 Å². The zero-order chi connectivity index (χ0) is 30.8. The van der Waals surface area contributed by atoms with E-state index in [1.54, 1.807) is 0 Å². The molecule has 2 heterocycles. The Morgan fingerprint density at radius 2 is 1.02 bits per heavy atom. The van der Waals surface area contributed by atoms with Crippen molar-refractivity contribution >= 4 is 33.8 Å². The summed E-state index contributed by atoms with van der Waals surface area (Å²) in [4.78, 5) is 15.3. The molecule has 1 aliphatic carbocycles. The predicted octanol–water partition coefficient (Wildman–Crippen LogP) is 10.2. The van der Waals surface area contributed by atoms with Crippen LogP contribution in [0.2, 0.25) is 0 Å². The third kappa shape index (κ3) is 4.29. The topological polar surface area (TPSA) is 38.7 Å². The van der Waals surface area contributed by atoms with Crippen LogP contribution in [0.5, 0.6) is 0 Å². The van der Waals surface area contributed by atoms with Gasteiger partial charge in [-0.15, -0.1) is 0 Å². The maximum atomic E-state index is 5.15. The first-order chi connectivity index (χ1) is 22.5. The molecule has 3 nitrogen and oxygen atoms in total. The van der Waals surface area contributed by atoms with Gasteiger partial charge in [-0.3, -0.25) is 0 Å². The summed E-state index contributed by atoms with van der Waals surface area (Å²) >= 11 is 0.199. The first kappa shape index (κ1) is 27.2. The van der Waals surface area contributed by atoms with Gasteiger partial charge in [0, 0.05) is 0 Å². The summed E-state index contributed by atoms with van der Waals surface area (Å²) < 4.78 is 2.78. The van der Waals surface area contributed by atoms with Crippen molar-refractivity contribution in [2.75, 3.05) is 0 Å². The molecule has 0 fully saturated rings. The molecule has 8 aromatic rings. The SMILES string of the molecule is CC1(C)c2ccccc2-c2ccc(-c3nc(-c4ccccc4)nc(-c4ccc5c(c4)[se]c4cccc(-c6ccccc6)c45)n3)cc21. The second-order valence-electron chi connectivity index (χ2n) is 12.5. The summed E-state index contributed by atoms with van der Waals surface area (Å²) in [5.41, 5.74) is 10.7. The monoisotopic (exact) mass is 655 g/mol. The first-order valence-electron chi connectivity index (χ1n) is 15.6. The Morgan fingerprint density at radius 1 is 0.435 bits per heavy atom.